The number of rotatable bonds is 11. The number of hydrogen-bond donors (Lipinski definition) is 3. The number of likely N-dealkylation sites (tertiary alicyclic amines) is 2. The smallest absolute Gasteiger partial charge is 0.407 e. The van der Waals surface area contributed by atoms with E-state index in [-0.39, 0.29) is 35.9 Å². The number of ether oxygens (including phenoxy) is 2. The van der Waals surface area contributed by atoms with Crippen LogP contribution < -0.4 is 10.6 Å². The van der Waals surface area contributed by atoms with Crippen LogP contribution in [0.4, 0.5) is 9.59 Å². The quantitative estimate of drug-likeness (QED) is 0.120. The van der Waals surface area contributed by atoms with Gasteiger partial charge in [0.1, 0.15) is 17.9 Å². The van der Waals surface area contributed by atoms with Crippen molar-refractivity contribution >= 4 is 46.1 Å². The van der Waals surface area contributed by atoms with Crippen LogP contribution >= 0.6 is 0 Å². The number of methoxy groups -OCH3 is 2. The van der Waals surface area contributed by atoms with Crippen LogP contribution in [0, 0.1) is 11.8 Å². The van der Waals surface area contributed by atoms with Crippen molar-refractivity contribution < 1.29 is 28.7 Å². The predicted molar refractivity (Wildman–Crippen MR) is 241 cm³/mol. The number of aliphatic imine (C=N–C) groups is 1. The molecule has 63 heavy (non-hydrogen) atoms. The molecule has 1 saturated carbocycles. The average molecular weight is 848 g/mol. The fraction of sp³-hybridized carbons (Fsp3) is 0.360. The summed E-state index contributed by atoms with van der Waals surface area (Å²) in [6, 6.07) is 29.1. The van der Waals surface area contributed by atoms with Crippen molar-refractivity contribution in [3.05, 3.63) is 120 Å². The molecule has 2 saturated heterocycles. The van der Waals surface area contributed by atoms with Gasteiger partial charge in [0.15, 0.2) is 0 Å². The highest BCUT2D eigenvalue weighted by Gasteiger charge is 2.52. The average Bonchev–Trinajstić information content (AvgIpc) is 4.18. The molecule has 2 bridgehead atoms. The number of carbonyl (C=O) groups is 4. The number of aromatic amines is 1. The molecule has 4 aliphatic rings. The normalized spacial score (nSPS) is 21.3. The van der Waals surface area contributed by atoms with Crippen molar-refractivity contribution in [2.45, 2.75) is 82.6 Å². The van der Waals surface area contributed by atoms with Gasteiger partial charge in [-0.2, -0.15) is 0 Å². The first-order valence-corrected chi connectivity index (χ1v) is 21.9. The van der Waals surface area contributed by atoms with Crippen LogP contribution in [0.1, 0.15) is 81.4 Å². The summed E-state index contributed by atoms with van der Waals surface area (Å²) in [4.78, 5) is 69.3. The Hall–Kier alpha value is -6.76. The molecule has 0 radical (unpaired) electrons. The Morgan fingerprint density at radius 1 is 0.778 bits per heavy atom. The van der Waals surface area contributed by atoms with Crippen LogP contribution in [0.25, 0.3) is 38.7 Å². The maximum absolute atomic E-state index is 14.3. The Morgan fingerprint density at radius 3 is 2.19 bits per heavy atom. The Bertz CT molecular complexity index is 2600. The highest BCUT2D eigenvalue weighted by Crippen LogP contribution is 2.46. The number of piperidine rings is 1. The van der Waals surface area contributed by atoms with Crippen LogP contribution in [0.5, 0.6) is 0 Å². The van der Waals surface area contributed by atoms with E-state index in [4.69, 9.17) is 19.5 Å². The number of carbonyl (C=O) groups excluding carboxylic acids is 4. The lowest BCUT2D eigenvalue weighted by Crippen LogP contribution is -2.53. The summed E-state index contributed by atoms with van der Waals surface area (Å²) in [7, 11) is 2.60. The molecule has 4 aromatic carbocycles. The topological polar surface area (TPSA) is 158 Å². The lowest BCUT2D eigenvalue weighted by Gasteiger charge is -2.38. The SMILES string of the molecule is COC(=O)N[C@H](C(=O)N1CCCC1c1ncc(-c2ccc3cc(-c4ccc(C5=CN=C([C@@H]6[C@H]7CC[C@H](C7)N6C(=O)[C@H](NC(=O)OC)c6ccccc6)C5)cc4)ccc3c2)[nH]1)C(C)C. The molecule has 4 heterocycles. The fourth-order valence-electron chi connectivity index (χ4n) is 10.1. The largest absolute Gasteiger partial charge is 0.453 e. The third-order valence-electron chi connectivity index (χ3n) is 13.3. The van der Waals surface area contributed by atoms with Crippen molar-refractivity contribution in [1.29, 1.82) is 0 Å². The molecule has 324 valence electrons. The highest BCUT2D eigenvalue weighted by molar-refractivity contribution is 6.04. The van der Waals surface area contributed by atoms with Crippen molar-refractivity contribution in [2.75, 3.05) is 20.8 Å². The molecular formula is C50H53N7O6. The second kappa shape index (κ2) is 17.5. The van der Waals surface area contributed by atoms with E-state index < -0.39 is 24.3 Å². The Labute approximate surface area is 367 Å². The van der Waals surface area contributed by atoms with Gasteiger partial charge in [-0.15, -0.1) is 0 Å². The minimum absolute atomic E-state index is 0.105. The van der Waals surface area contributed by atoms with Gasteiger partial charge in [0.2, 0.25) is 5.91 Å². The number of fused-ring (bicyclic) bond motifs is 3. The lowest BCUT2D eigenvalue weighted by molar-refractivity contribution is -0.136. The zero-order valence-electron chi connectivity index (χ0n) is 36.0. The predicted octanol–water partition coefficient (Wildman–Crippen LogP) is 8.60. The van der Waals surface area contributed by atoms with Crippen LogP contribution in [-0.4, -0.2) is 88.4 Å². The summed E-state index contributed by atoms with van der Waals surface area (Å²) in [6.45, 7) is 4.41. The number of nitrogens with zero attached hydrogens (tertiary/aromatic N) is 4. The molecule has 1 aliphatic carbocycles. The summed E-state index contributed by atoms with van der Waals surface area (Å²) in [5, 5.41) is 7.72. The van der Waals surface area contributed by atoms with Crippen molar-refractivity contribution in [2.24, 2.45) is 16.8 Å². The van der Waals surface area contributed by atoms with Crippen LogP contribution in [-0.2, 0) is 19.1 Å². The third-order valence-corrected chi connectivity index (χ3v) is 13.3. The molecular weight excluding hydrogens is 795 g/mol. The van der Waals surface area contributed by atoms with Gasteiger partial charge in [-0.25, -0.2) is 14.6 Å². The van der Waals surface area contributed by atoms with Gasteiger partial charge in [0.05, 0.1) is 38.2 Å². The monoisotopic (exact) mass is 847 g/mol. The van der Waals surface area contributed by atoms with E-state index in [9.17, 15) is 19.2 Å². The maximum Gasteiger partial charge on any atom is 0.407 e. The lowest BCUT2D eigenvalue weighted by atomic mass is 9.89. The number of aromatic nitrogens is 2. The number of nitrogens with one attached hydrogen (secondary N) is 3. The van der Waals surface area contributed by atoms with Crippen molar-refractivity contribution in [1.82, 2.24) is 30.4 Å². The number of H-pyrrole nitrogens is 1. The minimum atomic E-state index is -0.846. The van der Waals surface area contributed by atoms with E-state index in [1.165, 1.54) is 14.2 Å². The van der Waals surface area contributed by atoms with Gasteiger partial charge in [0.25, 0.3) is 5.91 Å². The molecule has 5 aromatic rings. The van der Waals surface area contributed by atoms with Crippen LogP contribution in [0.15, 0.2) is 108 Å². The van der Waals surface area contributed by atoms with Crippen LogP contribution in [0.2, 0.25) is 0 Å². The van der Waals surface area contributed by atoms with E-state index >= 15 is 0 Å². The number of hydrogen-bond acceptors (Lipinski definition) is 8. The Balaban J connectivity index is 0.862. The summed E-state index contributed by atoms with van der Waals surface area (Å²) < 4.78 is 9.69. The van der Waals surface area contributed by atoms with Gasteiger partial charge in [0, 0.05) is 36.5 Å². The van der Waals surface area contributed by atoms with E-state index in [1.54, 1.807) is 0 Å². The summed E-state index contributed by atoms with van der Waals surface area (Å²) in [6.07, 6.45) is 7.77. The number of benzene rings is 4. The van der Waals surface area contributed by atoms with Gasteiger partial charge < -0.3 is 34.9 Å². The van der Waals surface area contributed by atoms with Crippen molar-refractivity contribution in [3.8, 4) is 22.4 Å². The summed E-state index contributed by atoms with van der Waals surface area (Å²) in [5.74, 6) is 0.705. The molecule has 0 spiro atoms. The molecule has 4 amide bonds. The summed E-state index contributed by atoms with van der Waals surface area (Å²) in [5.41, 5.74) is 8.03. The number of alkyl carbamates (subject to hydrolysis) is 2. The van der Waals surface area contributed by atoms with E-state index in [1.807, 2.05) is 66.4 Å². The highest BCUT2D eigenvalue weighted by atomic mass is 16.5. The van der Waals surface area contributed by atoms with Gasteiger partial charge in [-0.05, 0) is 94.7 Å². The third kappa shape index (κ3) is 8.19. The molecule has 6 atom stereocenters. The first-order chi connectivity index (χ1) is 30.6. The van der Waals surface area contributed by atoms with Crippen molar-refractivity contribution in [3.63, 3.8) is 0 Å². The maximum atomic E-state index is 14.3. The molecule has 3 aliphatic heterocycles. The summed E-state index contributed by atoms with van der Waals surface area (Å²) >= 11 is 0. The zero-order valence-corrected chi connectivity index (χ0v) is 36.0. The standard InChI is InChI=1S/C50H53N7O6/c1-29(2)43(54-49(60)62-3)47(58)56-22-8-11-42(56)46-52-28-41(53-46)36-19-18-34-23-33(16-17-35(34)24-36)30-12-14-31(15-13-30)38-26-40(51-27-38)45-37-20-21-39(25-37)57(45)48(59)44(55-50(61)63-4)32-9-6-5-7-10-32/h5-7,9-10,12-19,23-24,27-29,37,39,42-45H,8,11,20-22,25-26H2,1-4H3,(H,52,53)(H,54,60)(H,55,61)/t37-,39+,42?,43-,44+,45-/m0/s1. The molecule has 1 unspecified atom stereocenters. The van der Waals surface area contributed by atoms with E-state index in [2.05, 4.69) is 76.3 Å². The second-order valence-electron chi connectivity index (χ2n) is 17.4. The fourth-order valence-corrected chi connectivity index (χ4v) is 10.1. The Morgan fingerprint density at radius 2 is 1.46 bits per heavy atom. The van der Waals surface area contributed by atoms with E-state index in [0.717, 1.165) is 93.5 Å². The first kappa shape index (κ1) is 41.6. The molecule has 9 rings (SSSR count). The number of amides is 4. The van der Waals surface area contributed by atoms with Gasteiger partial charge >= 0.3 is 12.2 Å². The second-order valence-corrected chi connectivity index (χ2v) is 17.4. The van der Waals surface area contributed by atoms with Gasteiger partial charge in [-0.1, -0.05) is 92.7 Å². The number of imidazole rings is 1. The first-order valence-electron chi connectivity index (χ1n) is 21.9. The number of allylic oxidation sites excluding steroid dienone is 1. The zero-order chi connectivity index (χ0) is 43.8. The minimum Gasteiger partial charge on any atom is -0.453 e. The molecule has 3 fully saturated rings. The Kier molecular flexibility index (Phi) is 11.6. The molecule has 13 nitrogen and oxygen atoms in total. The molecule has 1 aromatic heterocycles. The molecule has 13 heteroatoms. The van der Waals surface area contributed by atoms with Gasteiger partial charge in [-0.3, -0.25) is 14.6 Å². The molecule has 3 N–H and O–H groups in total. The van der Waals surface area contributed by atoms with E-state index in [0.29, 0.717) is 18.9 Å². The van der Waals surface area contributed by atoms with Crippen LogP contribution in [0.3, 0.4) is 0 Å².